The SMILES string of the molecule is C.C=C1C(C)=CC(=O)c2cc(O)ccc21.CC(C)(CC(N)=O)Cc1cc(O)c2c(c1O)C(=O)c1cccc(O)c1C2=O.CC(C)(CC(N)=O)Cc1ccc2c(c1)C(=O)c1cccc(O)c1C2=O.COc1cccc2c1C(=O)c1c(O)cc(CC(C)(C)CC(N)=O)c(O)c1C2=O.Cc1cc(O)c2cc(O)ccc2c1. The Morgan fingerprint density at radius 2 is 0.843 bits per heavy atom. The molecular formula is C85H83N3O20. The number of fused-ring (bicyclic) bond motifs is 8. The Morgan fingerprint density at radius 3 is 1.35 bits per heavy atom. The van der Waals surface area contributed by atoms with Crippen LogP contribution >= 0.6 is 0 Å². The van der Waals surface area contributed by atoms with E-state index in [1.54, 1.807) is 113 Å². The van der Waals surface area contributed by atoms with Gasteiger partial charge in [-0.15, -0.1) is 0 Å². The zero-order valence-corrected chi connectivity index (χ0v) is 60.0. The summed E-state index contributed by atoms with van der Waals surface area (Å²) in [4.78, 5) is 122. The first-order valence-corrected chi connectivity index (χ1v) is 33.5. The lowest BCUT2D eigenvalue weighted by molar-refractivity contribution is -0.120. The quantitative estimate of drug-likeness (QED) is 0.0477. The van der Waals surface area contributed by atoms with Crippen LogP contribution in [0.25, 0.3) is 16.3 Å². The Labute approximate surface area is 621 Å². The van der Waals surface area contributed by atoms with E-state index in [0.717, 1.165) is 33.2 Å². The minimum atomic E-state index is -0.742. The monoisotopic (exact) mass is 1470 g/mol. The first-order chi connectivity index (χ1) is 50.1. The summed E-state index contributed by atoms with van der Waals surface area (Å²) in [6.45, 7) is 18.6. The van der Waals surface area contributed by atoms with Gasteiger partial charge in [0.1, 0.15) is 57.5 Å². The van der Waals surface area contributed by atoms with E-state index in [0.29, 0.717) is 22.9 Å². The van der Waals surface area contributed by atoms with Crippen LogP contribution in [0.4, 0.5) is 0 Å². The number of phenols is 9. The number of carbonyl (C=O) groups is 10. The van der Waals surface area contributed by atoms with E-state index in [4.69, 9.17) is 21.9 Å². The highest BCUT2D eigenvalue weighted by atomic mass is 16.5. The molecule has 9 aromatic carbocycles. The molecule has 0 unspecified atom stereocenters. The molecule has 0 radical (unpaired) electrons. The minimum Gasteiger partial charge on any atom is -0.508 e. The number of allylic oxidation sites excluding steroid dienone is 3. The van der Waals surface area contributed by atoms with Crippen molar-refractivity contribution in [3.8, 4) is 57.5 Å². The number of primary amides is 3. The van der Waals surface area contributed by atoms with Crippen molar-refractivity contribution in [1.29, 1.82) is 0 Å². The highest BCUT2D eigenvalue weighted by Crippen LogP contribution is 2.47. The van der Waals surface area contributed by atoms with Crippen molar-refractivity contribution in [2.75, 3.05) is 7.11 Å². The number of hydrogen-bond donors (Lipinski definition) is 12. The predicted octanol–water partition coefficient (Wildman–Crippen LogP) is 12.7. The van der Waals surface area contributed by atoms with Crippen molar-refractivity contribution < 1.29 is 98.6 Å². The summed E-state index contributed by atoms with van der Waals surface area (Å²) < 4.78 is 5.18. The number of phenolic OH excluding ortho intramolecular Hbond substituents is 9. The molecule has 4 aliphatic carbocycles. The van der Waals surface area contributed by atoms with E-state index in [-0.39, 0.29) is 181 Å². The molecule has 558 valence electrons. The van der Waals surface area contributed by atoms with Crippen LogP contribution in [-0.4, -0.2) is 111 Å². The van der Waals surface area contributed by atoms with Crippen molar-refractivity contribution >= 4 is 74.5 Å². The third kappa shape index (κ3) is 16.8. The van der Waals surface area contributed by atoms with Gasteiger partial charge in [0.05, 0.1) is 46.1 Å². The van der Waals surface area contributed by atoms with Crippen molar-refractivity contribution in [3.63, 3.8) is 0 Å². The van der Waals surface area contributed by atoms with Crippen molar-refractivity contribution in [1.82, 2.24) is 0 Å². The molecule has 0 atom stereocenters. The van der Waals surface area contributed by atoms with Gasteiger partial charge in [0.2, 0.25) is 29.3 Å². The molecule has 0 heterocycles. The van der Waals surface area contributed by atoms with Gasteiger partial charge in [0, 0.05) is 58.0 Å². The summed E-state index contributed by atoms with van der Waals surface area (Å²) in [6, 6.07) is 34.1. The number of hydrogen-bond acceptors (Lipinski definition) is 20. The highest BCUT2D eigenvalue weighted by Gasteiger charge is 2.41. The zero-order chi connectivity index (χ0) is 79.0. The van der Waals surface area contributed by atoms with Crippen LogP contribution in [0.2, 0.25) is 0 Å². The molecule has 23 heteroatoms. The number of ketones is 7. The first kappa shape index (κ1) is 80.5. The second-order valence-corrected chi connectivity index (χ2v) is 29.0. The molecule has 0 spiro atoms. The first-order valence-electron chi connectivity index (χ1n) is 33.5. The van der Waals surface area contributed by atoms with Crippen LogP contribution in [0, 0.1) is 23.2 Å². The highest BCUT2D eigenvalue weighted by molar-refractivity contribution is 6.33. The van der Waals surface area contributed by atoms with Crippen LogP contribution in [0.1, 0.15) is 209 Å². The van der Waals surface area contributed by atoms with Gasteiger partial charge in [-0.3, -0.25) is 47.9 Å². The van der Waals surface area contributed by atoms with Gasteiger partial charge in [-0.25, -0.2) is 0 Å². The number of nitrogens with two attached hydrogens (primary N) is 3. The van der Waals surface area contributed by atoms with Crippen LogP contribution < -0.4 is 21.9 Å². The maximum atomic E-state index is 13.0. The Balaban J connectivity index is 0.000000174. The lowest BCUT2D eigenvalue weighted by Gasteiger charge is -2.26. The number of rotatable bonds is 13. The molecule has 0 aromatic heterocycles. The van der Waals surface area contributed by atoms with Crippen LogP contribution in [-0.2, 0) is 33.6 Å². The summed E-state index contributed by atoms with van der Waals surface area (Å²) in [5.41, 5.74) is 19.3. The number of ether oxygens (including phenoxy) is 1. The Hall–Kier alpha value is -13.2. The van der Waals surface area contributed by atoms with E-state index in [9.17, 15) is 93.9 Å². The Morgan fingerprint density at radius 1 is 0.407 bits per heavy atom. The third-order valence-corrected chi connectivity index (χ3v) is 18.4. The second kappa shape index (κ2) is 31.3. The lowest BCUT2D eigenvalue weighted by atomic mass is 9.78. The van der Waals surface area contributed by atoms with Gasteiger partial charge in [-0.1, -0.05) is 116 Å². The predicted molar refractivity (Wildman–Crippen MR) is 404 cm³/mol. The third-order valence-electron chi connectivity index (χ3n) is 18.4. The van der Waals surface area contributed by atoms with Gasteiger partial charge < -0.3 is 67.9 Å². The molecule has 0 aliphatic heterocycles. The van der Waals surface area contributed by atoms with Gasteiger partial charge in [0.25, 0.3) is 0 Å². The molecular weight excluding hydrogens is 1380 g/mol. The zero-order valence-electron chi connectivity index (χ0n) is 60.0. The minimum absolute atomic E-state index is 0. The van der Waals surface area contributed by atoms with Gasteiger partial charge in [0.15, 0.2) is 28.9 Å². The summed E-state index contributed by atoms with van der Waals surface area (Å²) in [7, 11) is 1.38. The Bertz CT molecular complexity index is 5360. The molecule has 0 fully saturated rings. The number of aryl methyl sites for hydroxylation is 1. The molecule has 0 saturated heterocycles. The molecule has 13 rings (SSSR count). The van der Waals surface area contributed by atoms with Crippen LogP contribution in [0.15, 0.2) is 152 Å². The van der Waals surface area contributed by atoms with E-state index in [1.165, 1.54) is 55.6 Å². The van der Waals surface area contributed by atoms with Crippen LogP contribution in [0.5, 0.6) is 57.5 Å². The van der Waals surface area contributed by atoms with E-state index in [2.05, 4.69) is 6.58 Å². The van der Waals surface area contributed by atoms with Crippen LogP contribution in [0.3, 0.4) is 0 Å². The number of aromatic hydroxyl groups is 9. The normalized spacial score (nSPS) is 13.0. The van der Waals surface area contributed by atoms with Crippen molar-refractivity contribution in [3.05, 3.63) is 252 Å². The standard InChI is InChI=1S/C21H21NO6.C20H19NO6.C20H19NO4.C12H10O2.C11H10O2.CH4/c1-21(2,9-14(22)24)8-10-7-12(23)16-17(18(10)25)19(26)11-5-4-6-13(28-3)15(11)20(16)27;1-20(2,8-13(21)24)7-9-6-12(23)15-16(17(9)25)18(26)10-4-3-5-11(22)14(10)19(15)27;1-20(2,10-16(21)23)9-11-6-7-12-14(8-11)18(24)13-4-3-5-15(22)17(13)19(12)25;1-7-5-12(14)11-6-9(13)3-4-10(11)8(7)2;1-7-4-8-2-3-9(12)6-10(8)11(13)5-7;/h4-7,23,25H,8-9H2,1-3H3,(H2,22,24);3-6,22-23,25H,7-8H2,1-2H3,(H2,21,24);3-8,22H,9-10H2,1-2H3,(H2,21,23);3-6,13H,2H2,1H3;2-6,12-13H,1H3;1H4. The van der Waals surface area contributed by atoms with Crippen molar-refractivity contribution in [2.24, 2.45) is 33.4 Å². The number of benzene rings is 9. The van der Waals surface area contributed by atoms with Gasteiger partial charge in [-0.05, 0) is 173 Å². The lowest BCUT2D eigenvalue weighted by Crippen LogP contribution is -2.26. The maximum Gasteiger partial charge on any atom is 0.217 e. The fraction of sp³-hybridized carbons (Fsp3) is 0.224. The van der Waals surface area contributed by atoms with E-state index >= 15 is 0 Å². The second-order valence-electron chi connectivity index (χ2n) is 29.0. The topological polar surface area (TPSA) is 440 Å². The summed E-state index contributed by atoms with van der Waals surface area (Å²) >= 11 is 0. The number of amides is 3. The summed E-state index contributed by atoms with van der Waals surface area (Å²) in [6.07, 6.45) is 2.74. The molecule has 0 saturated carbocycles. The molecule has 9 aromatic rings. The van der Waals surface area contributed by atoms with E-state index < -0.39 is 63.0 Å². The molecule has 15 N–H and O–H groups in total. The van der Waals surface area contributed by atoms with E-state index in [1.807, 2.05) is 33.8 Å². The van der Waals surface area contributed by atoms with Gasteiger partial charge >= 0.3 is 0 Å². The summed E-state index contributed by atoms with van der Waals surface area (Å²) in [5.74, 6) is -6.22. The fourth-order valence-electron chi connectivity index (χ4n) is 13.8. The largest absolute Gasteiger partial charge is 0.508 e. The Kier molecular flexibility index (Phi) is 23.3. The molecule has 4 aliphatic rings. The molecule has 108 heavy (non-hydrogen) atoms. The van der Waals surface area contributed by atoms with Crippen molar-refractivity contribution in [2.45, 2.75) is 101 Å². The average molecular weight is 1470 g/mol. The smallest absolute Gasteiger partial charge is 0.217 e. The molecule has 3 amide bonds. The number of carbonyl (C=O) groups excluding carboxylic acids is 10. The maximum absolute atomic E-state index is 13.0. The average Bonchev–Trinajstić information content (AvgIpc) is 0.742. The summed E-state index contributed by atoms with van der Waals surface area (Å²) in [5, 5.41) is 91.9. The fourth-order valence-corrected chi connectivity index (χ4v) is 13.8. The number of methoxy groups -OCH3 is 1. The van der Waals surface area contributed by atoms with Gasteiger partial charge in [-0.2, -0.15) is 0 Å². The molecule has 23 nitrogen and oxygen atoms in total. The molecule has 0 bridgehead atoms.